The van der Waals surface area contributed by atoms with E-state index in [4.69, 9.17) is 14.9 Å². The number of carboxylic acid groups (broad SMARTS) is 2. The van der Waals surface area contributed by atoms with Crippen LogP contribution in [0.1, 0.15) is 27.9 Å². The Kier molecular flexibility index (Phi) is 7.39. The average molecular weight is 355 g/mol. The van der Waals surface area contributed by atoms with Crippen LogP contribution in [-0.2, 0) is 11.3 Å². The number of nitrogens with one attached hydrogen (secondary N) is 1. The van der Waals surface area contributed by atoms with Crippen LogP contribution in [0.25, 0.3) is 6.08 Å². The summed E-state index contributed by atoms with van der Waals surface area (Å²) in [6.45, 7) is 1.89. The number of aromatic carboxylic acids is 1. The predicted octanol–water partition coefficient (Wildman–Crippen LogP) is 3.04. The zero-order valence-electron chi connectivity index (χ0n) is 14.2. The fraction of sp³-hybridized carbons (Fsp3) is 0.200. The molecule has 2 aromatic carbocycles. The van der Waals surface area contributed by atoms with Gasteiger partial charge in [0.25, 0.3) is 0 Å². The number of benzene rings is 2. The molecule has 0 saturated carbocycles. The number of aliphatic carboxylic acids is 1. The molecule has 2 aromatic rings. The molecule has 0 amide bonds. The van der Waals surface area contributed by atoms with Crippen LogP contribution < -0.4 is 10.1 Å². The van der Waals surface area contributed by atoms with Crippen LogP contribution in [0.3, 0.4) is 0 Å². The topological polar surface area (TPSA) is 95.9 Å². The number of carboxylic acids is 2. The van der Waals surface area contributed by atoms with Gasteiger partial charge in [0.15, 0.2) is 0 Å². The number of carbonyl (C=O) groups is 2. The van der Waals surface area contributed by atoms with Crippen molar-refractivity contribution in [3.8, 4) is 5.75 Å². The lowest BCUT2D eigenvalue weighted by Gasteiger charge is -2.09. The molecule has 6 nitrogen and oxygen atoms in total. The maximum absolute atomic E-state index is 10.8. The van der Waals surface area contributed by atoms with Crippen LogP contribution in [0.5, 0.6) is 5.75 Å². The lowest BCUT2D eigenvalue weighted by Crippen LogP contribution is -2.17. The third-order valence-corrected chi connectivity index (χ3v) is 3.64. The first-order valence-corrected chi connectivity index (χ1v) is 8.22. The van der Waals surface area contributed by atoms with Crippen LogP contribution in [-0.4, -0.2) is 35.3 Å². The molecule has 136 valence electrons. The predicted molar refractivity (Wildman–Crippen MR) is 98.3 cm³/mol. The summed E-state index contributed by atoms with van der Waals surface area (Å²) in [6, 6.07) is 13.9. The molecule has 0 radical (unpaired) electrons. The summed E-state index contributed by atoms with van der Waals surface area (Å²) in [4.78, 5) is 21.4. The van der Waals surface area contributed by atoms with Crippen LogP contribution in [0.15, 0.2) is 54.6 Å². The Labute approximate surface area is 151 Å². The van der Waals surface area contributed by atoms with Gasteiger partial charge in [-0.05, 0) is 54.4 Å². The maximum atomic E-state index is 10.8. The van der Waals surface area contributed by atoms with Gasteiger partial charge >= 0.3 is 11.9 Å². The molecule has 0 fully saturated rings. The monoisotopic (exact) mass is 355 g/mol. The maximum Gasteiger partial charge on any atom is 0.335 e. The summed E-state index contributed by atoms with van der Waals surface area (Å²) >= 11 is 0. The van der Waals surface area contributed by atoms with Crippen molar-refractivity contribution in [3.63, 3.8) is 0 Å². The van der Waals surface area contributed by atoms with Crippen LogP contribution in [0.2, 0.25) is 0 Å². The third kappa shape index (κ3) is 6.41. The number of hydrogen-bond acceptors (Lipinski definition) is 4. The highest BCUT2D eigenvalue weighted by Gasteiger charge is 2.02. The largest absolute Gasteiger partial charge is 0.494 e. The van der Waals surface area contributed by atoms with Gasteiger partial charge in [-0.1, -0.05) is 24.3 Å². The van der Waals surface area contributed by atoms with Crippen molar-refractivity contribution in [2.75, 3.05) is 13.2 Å². The standard InChI is InChI=1S/C20H21NO5/c22-19(23)11-8-15-4-1-2-5-17(15)14-21-12-3-13-26-18-9-6-16(7-10-18)20(24)25/h1-2,4-11,21H,3,12-14H2,(H,22,23)(H,24,25)/b11-8+. The lowest BCUT2D eigenvalue weighted by molar-refractivity contribution is -0.131. The van der Waals surface area contributed by atoms with E-state index < -0.39 is 11.9 Å². The Balaban J connectivity index is 1.71. The minimum atomic E-state index is -0.971. The quantitative estimate of drug-likeness (QED) is 0.448. The number of ether oxygens (including phenoxy) is 1. The average Bonchev–Trinajstić information content (AvgIpc) is 2.64. The third-order valence-electron chi connectivity index (χ3n) is 3.64. The summed E-state index contributed by atoms with van der Waals surface area (Å²) < 4.78 is 5.57. The highest BCUT2D eigenvalue weighted by atomic mass is 16.5. The van der Waals surface area contributed by atoms with Gasteiger partial charge in [0.2, 0.25) is 0 Å². The fourth-order valence-electron chi connectivity index (χ4n) is 2.32. The van der Waals surface area contributed by atoms with E-state index in [2.05, 4.69) is 5.32 Å². The molecule has 0 aromatic heterocycles. The summed E-state index contributed by atoms with van der Waals surface area (Å²) in [6.07, 6.45) is 3.50. The molecule has 0 unspecified atom stereocenters. The van der Waals surface area contributed by atoms with E-state index >= 15 is 0 Å². The Hall–Kier alpha value is -3.12. The molecule has 0 aliphatic carbocycles. The van der Waals surface area contributed by atoms with Crippen LogP contribution in [0.4, 0.5) is 0 Å². The molecular weight excluding hydrogens is 334 g/mol. The molecule has 0 spiro atoms. The van der Waals surface area contributed by atoms with Gasteiger partial charge in [-0.15, -0.1) is 0 Å². The molecule has 0 aliphatic heterocycles. The van der Waals surface area contributed by atoms with E-state index in [1.54, 1.807) is 18.2 Å². The van der Waals surface area contributed by atoms with Gasteiger partial charge in [0.05, 0.1) is 12.2 Å². The summed E-state index contributed by atoms with van der Waals surface area (Å²) in [5, 5.41) is 20.9. The summed E-state index contributed by atoms with van der Waals surface area (Å²) in [5.74, 6) is -1.29. The summed E-state index contributed by atoms with van der Waals surface area (Å²) in [5.41, 5.74) is 2.13. The van der Waals surface area contributed by atoms with Gasteiger partial charge in [-0.3, -0.25) is 0 Å². The minimum Gasteiger partial charge on any atom is -0.494 e. The smallest absolute Gasteiger partial charge is 0.335 e. The molecule has 0 heterocycles. The van der Waals surface area contributed by atoms with E-state index in [1.165, 1.54) is 12.1 Å². The van der Waals surface area contributed by atoms with E-state index in [9.17, 15) is 9.59 Å². The molecule has 0 atom stereocenters. The zero-order chi connectivity index (χ0) is 18.8. The second kappa shape index (κ2) is 10.0. The minimum absolute atomic E-state index is 0.231. The summed E-state index contributed by atoms with van der Waals surface area (Å²) in [7, 11) is 0. The molecule has 0 bridgehead atoms. The van der Waals surface area contributed by atoms with E-state index in [-0.39, 0.29) is 5.56 Å². The van der Waals surface area contributed by atoms with E-state index in [0.717, 1.165) is 30.2 Å². The van der Waals surface area contributed by atoms with Crippen LogP contribution in [0, 0.1) is 0 Å². The second-order valence-corrected chi connectivity index (χ2v) is 5.58. The normalized spacial score (nSPS) is 10.8. The van der Waals surface area contributed by atoms with Crippen molar-refractivity contribution in [3.05, 3.63) is 71.3 Å². The fourth-order valence-corrected chi connectivity index (χ4v) is 2.32. The first kappa shape index (κ1) is 19.2. The lowest BCUT2D eigenvalue weighted by atomic mass is 10.1. The molecule has 0 aliphatic rings. The van der Waals surface area contributed by atoms with Crippen molar-refractivity contribution >= 4 is 18.0 Å². The van der Waals surface area contributed by atoms with Gasteiger partial charge in [-0.2, -0.15) is 0 Å². The van der Waals surface area contributed by atoms with Crippen LogP contribution >= 0.6 is 0 Å². The van der Waals surface area contributed by atoms with Gasteiger partial charge in [-0.25, -0.2) is 9.59 Å². The first-order valence-electron chi connectivity index (χ1n) is 8.22. The SMILES string of the molecule is O=C(O)/C=C/c1ccccc1CNCCCOc1ccc(C(=O)O)cc1. The highest BCUT2D eigenvalue weighted by Crippen LogP contribution is 2.13. The van der Waals surface area contributed by atoms with Crippen molar-refractivity contribution in [1.29, 1.82) is 0 Å². The van der Waals surface area contributed by atoms with E-state index in [1.807, 2.05) is 24.3 Å². The second-order valence-electron chi connectivity index (χ2n) is 5.58. The Bertz CT molecular complexity index is 768. The molecular formula is C20H21NO5. The first-order chi connectivity index (χ1) is 12.6. The number of hydrogen-bond donors (Lipinski definition) is 3. The Morgan fingerprint density at radius 1 is 1.04 bits per heavy atom. The molecule has 0 saturated heterocycles. The van der Waals surface area contributed by atoms with Gasteiger partial charge < -0.3 is 20.3 Å². The molecule has 3 N–H and O–H groups in total. The van der Waals surface area contributed by atoms with Crippen molar-refractivity contribution in [2.45, 2.75) is 13.0 Å². The molecule has 6 heteroatoms. The van der Waals surface area contributed by atoms with Gasteiger partial charge in [0, 0.05) is 12.6 Å². The molecule has 26 heavy (non-hydrogen) atoms. The Morgan fingerprint density at radius 2 is 1.77 bits per heavy atom. The molecule has 2 rings (SSSR count). The Morgan fingerprint density at radius 3 is 2.46 bits per heavy atom. The highest BCUT2D eigenvalue weighted by molar-refractivity contribution is 5.87. The van der Waals surface area contributed by atoms with Crippen molar-refractivity contribution in [1.82, 2.24) is 5.32 Å². The van der Waals surface area contributed by atoms with Gasteiger partial charge in [0.1, 0.15) is 5.75 Å². The van der Waals surface area contributed by atoms with Crippen molar-refractivity contribution < 1.29 is 24.5 Å². The van der Waals surface area contributed by atoms with E-state index in [0.29, 0.717) is 18.9 Å². The zero-order valence-corrected chi connectivity index (χ0v) is 14.2. The van der Waals surface area contributed by atoms with Crippen molar-refractivity contribution in [2.24, 2.45) is 0 Å². The number of rotatable bonds is 10.